The Morgan fingerprint density at radius 2 is 2.25 bits per heavy atom. The third-order valence-corrected chi connectivity index (χ3v) is 3.96. The molecule has 5 nitrogen and oxygen atoms in total. The zero-order chi connectivity index (χ0) is 14.4. The second-order valence-corrected chi connectivity index (χ2v) is 5.26. The second-order valence-electron chi connectivity index (χ2n) is 5.26. The van der Waals surface area contributed by atoms with Gasteiger partial charge in [0.05, 0.1) is 0 Å². The third-order valence-electron chi connectivity index (χ3n) is 3.96. The van der Waals surface area contributed by atoms with Crippen LogP contribution >= 0.6 is 0 Å². The van der Waals surface area contributed by atoms with Crippen molar-refractivity contribution >= 4 is 5.91 Å². The van der Waals surface area contributed by atoms with Crippen molar-refractivity contribution in [1.29, 1.82) is 0 Å². The van der Waals surface area contributed by atoms with E-state index >= 15 is 0 Å². The van der Waals surface area contributed by atoms with E-state index in [4.69, 9.17) is 10.9 Å². The first-order valence-corrected chi connectivity index (χ1v) is 7.20. The predicted octanol–water partition coefficient (Wildman–Crippen LogP) is 1.03. The molecule has 0 saturated carbocycles. The molecule has 4 N–H and O–H groups in total. The van der Waals surface area contributed by atoms with Crippen molar-refractivity contribution in [3.05, 3.63) is 35.4 Å². The summed E-state index contributed by atoms with van der Waals surface area (Å²) in [6.45, 7) is 2.06. The molecule has 1 aliphatic rings. The molecule has 1 aromatic carbocycles. The van der Waals surface area contributed by atoms with E-state index in [1.54, 1.807) is 6.07 Å². The molecule has 0 radical (unpaired) electrons. The molecule has 5 heteroatoms. The number of benzene rings is 1. The van der Waals surface area contributed by atoms with Crippen LogP contribution < -0.4 is 11.3 Å². The van der Waals surface area contributed by atoms with E-state index in [0.717, 1.165) is 31.5 Å². The molecule has 110 valence electrons. The molecule has 0 aromatic heterocycles. The van der Waals surface area contributed by atoms with Crippen molar-refractivity contribution < 1.29 is 9.90 Å². The van der Waals surface area contributed by atoms with Crippen molar-refractivity contribution in [1.82, 2.24) is 10.3 Å². The van der Waals surface area contributed by atoms with E-state index in [1.807, 2.05) is 18.2 Å². The van der Waals surface area contributed by atoms with Crippen LogP contribution in [0.4, 0.5) is 0 Å². The fraction of sp³-hybridized carbons (Fsp3) is 0.533. The molecule has 1 aliphatic heterocycles. The molecule has 1 aromatic rings. The van der Waals surface area contributed by atoms with Crippen LogP contribution in [0.2, 0.25) is 0 Å². The number of carbonyl (C=O) groups is 1. The molecule has 0 bridgehead atoms. The van der Waals surface area contributed by atoms with E-state index in [1.165, 1.54) is 12.8 Å². The molecule has 0 aliphatic carbocycles. The number of nitrogen functional groups attached to an aromatic ring is 1. The van der Waals surface area contributed by atoms with Gasteiger partial charge < -0.3 is 5.11 Å². The van der Waals surface area contributed by atoms with Crippen LogP contribution in [-0.4, -0.2) is 35.1 Å². The van der Waals surface area contributed by atoms with Crippen LogP contribution in [0.15, 0.2) is 24.3 Å². The van der Waals surface area contributed by atoms with Gasteiger partial charge in [-0.15, -0.1) is 0 Å². The molecule has 1 heterocycles. The fourth-order valence-corrected chi connectivity index (χ4v) is 2.93. The molecule has 0 spiro atoms. The average molecular weight is 277 g/mol. The number of rotatable bonds is 6. The number of hydrazine groups is 1. The monoisotopic (exact) mass is 277 g/mol. The van der Waals surface area contributed by atoms with Gasteiger partial charge in [0.1, 0.15) is 0 Å². The first-order valence-electron chi connectivity index (χ1n) is 7.20. The van der Waals surface area contributed by atoms with Gasteiger partial charge in [0, 0.05) is 24.8 Å². The van der Waals surface area contributed by atoms with Gasteiger partial charge in [-0.3, -0.25) is 15.1 Å². The zero-order valence-electron chi connectivity index (χ0n) is 11.7. The Morgan fingerprint density at radius 1 is 1.45 bits per heavy atom. The summed E-state index contributed by atoms with van der Waals surface area (Å²) in [6.07, 6.45) is 4.21. The van der Waals surface area contributed by atoms with Gasteiger partial charge in [-0.05, 0) is 43.9 Å². The number of aliphatic hydroxyl groups is 1. The SMILES string of the molecule is NNC(=O)c1ccccc1CN1CCCC1CCCO. The number of amides is 1. The highest BCUT2D eigenvalue weighted by atomic mass is 16.2. The lowest BCUT2D eigenvalue weighted by Crippen LogP contribution is -2.33. The largest absolute Gasteiger partial charge is 0.396 e. The maximum Gasteiger partial charge on any atom is 0.265 e. The Bertz CT molecular complexity index is 450. The molecule has 2 rings (SSSR count). The molecule has 1 fully saturated rings. The van der Waals surface area contributed by atoms with E-state index in [0.29, 0.717) is 11.6 Å². The van der Waals surface area contributed by atoms with Crippen molar-refractivity contribution in [2.24, 2.45) is 5.84 Å². The number of hydrogen-bond acceptors (Lipinski definition) is 4. The molecule has 20 heavy (non-hydrogen) atoms. The summed E-state index contributed by atoms with van der Waals surface area (Å²) in [6, 6.07) is 8.08. The quantitative estimate of drug-likeness (QED) is 0.412. The number of aliphatic hydroxyl groups excluding tert-OH is 1. The minimum Gasteiger partial charge on any atom is -0.396 e. The van der Waals surface area contributed by atoms with E-state index in [9.17, 15) is 4.79 Å². The first-order chi connectivity index (χ1) is 9.76. The number of likely N-dealkylation sites (tertiary alicyclic amines) is 1. The molecule has 1 unspecified atom stereocenters. The Morgan fingerprint density at radius 3 is 3.00 bits per heavy atom. The summed E-state index contributed by atoms with van der Waals surface area (Å²) < 4.78 is 0. The minimum atomic E-state index is -0.244. The van der Waals surface area contributed by atoms with Crippen LogP contribution in [0.1, 0.15) is 41.6 Å². The Kier molecular flexibility index (Phi) is 5.52. The smallest absolute Gasteiger partial charge is 0.265 e. The fourth-order valence-electron chi connectivity index (χ4n) is 2.93. The number of nitrogens with one attached hydrogen (secondary N) is 1. The topological polar surface area (TPSA) is 78.6 Å². The molecule has 1 atom stereocenters. The first kappa shape index (κ1) is 15.0. The zero-order valence-corrected chi connectivity index (χ0v) is 11.7. The minimum absolute atomic E-state index is 0.244. The van der Waals surface area contributed by atoms with Gasteiger partial charge in [0.15, 0.2) is 0 Å². The molecular formula is C15H23N3O2. The predicted molar refractivity (Wildman–Crippen MR) is 77.8 cm³/mol. The number of carbonyl (C=O) groups excluding carboxylic acids is 1. The maximum atomic E-state index is 11.8. The van der Waals surface area contributed by atoms with Gasteiger partial charge in [-0.1, -0.05) is 18.2 Å². The standard InChI is InChI=1S/C15H23N3O2/c16-17-15(20)14-8-2-1-5-12(14)11-18-9-3-6-13(18)7-4-10-19/h1-2,5,8,13,19H,3-4,6-7,9-11,16H2,(H,17,20). The molecule has 1 saturated heterocycles. The van der Waals surface area contributed by atoms with E-state index in [2.05, 4.69) is 10.3 Å². The summed E-state index contributed by atoms with van der Waals surface area (Å²) in [5.74, 6) is 4.99. The van der Waals surface area contributed by atoms with Crippen molar-refractivity contribution in [2.75, 3.05) is 13.2 Å². The lowest BCUT2D eigenvalue weighted by Gasteiger charge is -2.25. The van der Waals surface area contributed by atoms with Gasteiger partial charge in [0.2, 0.25) is 0 Å². The highest BCUT2D eigenvalue weighted by Gasteiger charge is 2.25. The van der Waals surface area contributed by atoms with Gasteiger partial charge in [0.25, 0.3) is 5.91 Å². The highest BCUT2D eigenvalue weighted by molar-refractivity contribution is 5.95. The van der Waals surface area contributed by atoms with E-state index in [-0.39, 0.29) is 12.5 Å². The number of nitrogens with two attached hydrogens (primary N) is 1. The normalized spacial score (nSPS) is 19.2. The Balaban J connectivity index is 2.07. The number of hydrogen-bond donors (Lipinski definition) is 3. The van der Waals surface area contributed by atoms with Crippen molar-refractivity contribution in [3.8, 4) is 0 Å². The summed E-state index contributed by atoms with van der Waals surface area (Å²) in [5.41, 5.74) is 3.85. The lowest BCUT2D eigenvalue weighted by atomic mass is 10.0. The Hall–Kier alpha value is -1.43. The second kappa shape index (κ2) is 7.38. The summed E-state index contributed by atoms with van der Waals surface area (Å²) >= 11 is 0. The number of nitrogens with zero attached hydrogens (tertiary/aromatic N) is 1. The van der Waals surface area contributed by atoms with Gasteiger partial charge in [-0.25, -0.2) is 5.84 Å². The Labute approximate surface area is 119 Å². The van der Waals surface area contributed by atoms with Crippen LogP contribution in [0, 0.1) is 0 Å². The van der Waals surface area contributed by atoms with Crippen LogP contribution in [-0.2, 0) is 6.54 Å². The summed E-state index contributed by atoms with van der Waals surface area (Å²) in [7, 11) is 0. The molecule has 1 amide bonds. The van der Waals surface area contributed by atoms with Crippen molar-refractivity contribution in [3.63, 3.8) is 0 Å². The van der Waals surface area contributed by atoms with Crippen LogP contribution in [0.25, 0.3) is 0 Å². The molecular weight excluding hydrogens is 254 g/mol. The van der Waals surface area contributed by atoms with Crippen LogP contribution in [0.3, 0.4) is 0 Å². The third kappa shape index (κ3) is 3.56. The van der Waals surface area contributed by atoms with E-state index < -0.39 is 0 Å². The summed E-state index contributed by atoms with van der Waals surface area (Å²) in [4.78, 5) is 14.2. The maximum absolute atomic E-state index is 11.8. The van der Waals surface area contributed by atoms with Crippen LogP contribution in [0.5, 0.6) is 0 Å². The van der Waals surface area contributed by atoms with Crippen molar-refractivity contribution in [2.45, 2.75) is 38.3 Å². The van der Waals surface area contributed by atoms with Gasteiger partial charge >= 0.3 is 0 Å². The highest BCUT2D eigenvalue weighted by Crippen LogP contribution is 2.24. The lowest BCUT2D eigenvalue weighted by molar-refractivity contribution is 0.0951. The van der Waals surface area contributed by atoms with Gasteiger partial charge in [-0.2, -0.15) is 0 Å². The average Bonchev–Trinajstić information content (AvgIpc) is 2.92. The summed E-state index contributed by atoms with van der Waals surface area (Å²) in [5, 5.41) is 8.97.